The number of hydrogen-bond donors (Lipinski definition) is 0. The summed E-state index contributed by atoms with van der Waals surface area (Å²) in [7, 11) is 7.02. The second kappa shape index (κ2) is 7.95. The van der Waals surface area contributed by atoms with E-state index in [2.05, 4.69) is 0 Å². The van der Waals surface area contributed by atoms with E-state index in [4.69, 9.17) is 9.47 Å². The van der Waals surface area contributed by atoms with E-state index in [1.54, 1.807) is 32.4 Å². The van der Waals surface area contributed by atoms with Gasteiger partial charge in [-0.2, -0.15) is 0 Å². The summed E-state index contributed by atoms with van der Waals surface area (Å²) in [5.74, 6) is 1.33. The number of carbonyl (C=O) groups excluding carboxylic acids is 1. The van der Waals surface area contributed by atoms with E-state index in [-0.39, 0.29) is 18.2 Å². The standard InChI is InChI=1S/C13H19NO3.ClH/c1-14(2)8-7-12(15)11-6-5-10(16-3)9-13(11)17-4;/h5-6,9H,7-8H2,1-4H3;1H. The molecule has 0 heterocycles. The Morgan fingerprint density at radius 1 is 1.22 bits per heavy atom. The molecule has 4 nitrogen and oxygen atoms in total. The van der Waals surface area contributed by atoms with Crippen molar-refractivity contribution in [2.75, 3.05) is 34.9 Å². The van der Waals surface area contributed by atoms with E-state index in [1.807, 2.05) is 19.0 Å². The summed E-state index contributed by atoms with van der Waals surface area (Å²) in [5.41, 5.74) is 0.607. The lowest BCUT2D eigenvalue weighted by molar-refractivity contribution is 0.0969. The molecule has 0 saturated carbocycles. The fraction of sp³-hybridized carbons (Fsp3) is 0.462. The van der Waals surface area contributed by atoms with Crippen molar-refractivity contribution < 1.29 is 14.3 Å². The van der Waals surface area contributed by atoms with Crippen molar-refractivity contribution in [1.29, 1.82) is 0 Å². The van der Waals surface area contributed by atoms with E-state index >= 15 is 0 Å². The van der Waals surface area contributed by atoms with Gasteiger partial charge in [0.15, 0.2) is 5.78 Å². The smallest absolute Gasteiger partial charge is 0.167 e. The highest BCUT2D eigenvalue weighted by Gasteiger charge is 2.13. The molecule has 0 N–H and O–H groups in total. The van der Waals surface area contributed by atoms with Crippen LogP contribution < -0.4 is 9.47 Å². The molecule has 0 amide bonds. The highest BCUT2D eigenvalue weighted by atomic mass is 35.5. The molecule has 0 spiro atoms. The van der Waals surface area contributed by atoms with E-state index < -0.39 is 0 Å². The fourth-order valence-electron chi connectivity index (χ4n) is 1.49. The summed E-state index contributed by atoms with van der Waals surface area (Å²) in [6, 6.07) is 5.24. The van der Waals surface area contributed by atoms with Gasteiger partial charge in [0.2, 0.25) is 0 Å². The van der Waals surface area contributed by atoms with Crippen LogP contribution in [0.3, 0.4) is 0 Å². The van der Waals surface area contributed by atoms with Gasteiger partial charge < -0.3 is 14.4 Å². The summed E-state index contributed by atoms with van der Waals surface area (Å²) in [6.07, 6.45) is 0.482. The molecule has 0 bridgehead atoms. The van der Waals surface area contributed by atoms with Crippen LogP contribution in [0.2, 0.25) is 0 Å². The summed E-state index contributed by atoms with van der Waals surface area (Å²) in [4.78, 5) is 14.0. The molecular formula is C13H20ClNO3. The van der Waals surface area contributed by atoms with E-state index in [0.29, 0.717) is 23.5 Å². The molecule has 0 atom stereocenters. The van der Waals surface area contributed by atoms with Crippen molar-refractivity contribution in [2.24, 2.45) is 0 Å². The molecule has 0 saturated heterocycles. The minimum absolute atomic E-state index is 0. The lowest BCUT2D eigenvalue weighted by Crippen LogP contribution is -2.17. The average Bonchev–Trinajstić information content (AvgIpc) is 2.34. The molecule has 5 heteroatoms. The second-order valence-corrected chi connectivity index (χ2v) is 4.04. The third-order valence-electron chi connectivity index (χ3n) is 2.50. The van der Waals surface area contributed by atoms with Crippen molar-refractivity contribution in [3.63, 3.8) is 0 Å². The van der Waals surface area contributed by atoms with Crippen LogP contribution in [0.1, 0.15) is 16.8 Å². The first-order valence-corrected chi connectivity index (χ1v) is 5.48. The zero-order chi connectivity index (χ0) is 12.8. The van der Waals surface area contributed by atoms with Crippen LogP contribution in [0.25, 0.3) is 0 Å². The molecule has 18 heavy (non-hydrogen) atoms. The van der Waals surface area contributed by atoms with Gasteiger partial charge in [-0.05, 0) is 26.2 Å². The zero-order valence-electron chi connectivity index (χ0n) is 11.2. The molecule has 0 radical (unpaired) electrons. The van der Waals surface area contributed by atoms with Gasteiger partial charge in [-0.25, -0.2) is 0 Å². The van der Waals surface area contributed by atoms with Crippen LogP contribution in [0.5, 0.6) is 11.5 Å². The number of methoxy groups -OCH3 is 2. The Morgan fingerprint density at radius 2 is 1.89 bits per heavy atom. The Morgan fingerprint density at radius 3 is 2.39 bits per heavy atom. The Bertz CT molecular complexity index is 394. The van der Waals surface area contributed by atoms with Crippen LogP contribution in [0.4, 0.5) is 0 Å². The van der Waals surface area contributed by atoms with Gasteiger partial charge in [0.1, 0.15) is 11.5 Å². The van der Waals surface area contributed by atoms with Crippen molar-refractivity contribution in [2.45, 2.75) is 6.42 Å². The van der Waals surface area contributed by atoms with Crippen molar-refractivity contribution in [3.05, 3.63) is 23.8 Å². The number of hydrogen-bond acceptors (Lipinski definition) is 4. The molecule has 0 aromatic heterocycles. The second-order valence-electron chi connectivity index (χ2n) is 4.04. The van der Waals surface area contributed by atoms with Gasteiger partial charge in [0, 0.05) is 19.0 Å². The molecule has 0 aliphatic heterocycles. The highest BCUT2D eigenvalue weighted by molar-refractivity contribution is 5.99. The lowest BCUT2D eigenvalue weighted by atomic mass is 10.1. The van der Waals surface area contributed by atoms with Gasteiger partial charge in [0.05, 0.1) is 19.8 Å². The van der Waals surface area contributed by atoms with Crippen molar-refractivity contribution in [3.8, 4) is 11.5 Å². The largest absolute Gasteiger partial charge is 0.497 e. The third-order valence-corrected chi connectivity index (χ3v) is 2.50. The summed E-state index contributed by atoms with van der Waals surface area (Å²) >= 11 is 0. The van der Waals surface area contributed by atoms with Crippen LogP contribution >= 0.6 is 12.4 Å². The van der Waals surface area contributed by atoms with Gasteiger partial charge in [-0.3, -0.25) is 4.79 Å². The Kier molecular flexibility index (Phi) is 7.39. The number of Topliss-reactive ketones (excluding diaryl/α,β-unsaturated/α-hetero) is 1. The zero-order valence-corrected chi connectivity index (χ0v) is 12.0. The topological polar surface area (TPSA) is 38.8 Å². The predicted molar refractivity (Wildman–Crippen MR) is 74.3 cm³/mol. The Balaban J connectivity index is 0.00000289. The van der Waals surface area contributed by atoms with Crippen LogP contribution in [-0.2, 0) is 0 Å². The lowest BCUT2D eigenvalue weighted by Gasteiger charge is -2.11. The first-order chi connectivity index (χ1) is 8.08. The molecule has 1 aromatic carbocycles. The molecule has 1 rings (SSSR count). The fourth-order valence-corrected chi connectivity index (χ4v) is 1.49. The molecule has 102 valence electrons. The first-order valence-electron chi connectivity index (χ1n) is 5.48. The first kappa shape index (κ1) is 16.7. The molecule has 1 aromatic rings. The number of halogens is 1. The predicted octanol–water partition coefficient (Wildman–Crippen LogP) is 2.26. The normalized spacial score (nSPS) is 9.83. The summed E-state index contributed by atoms with van der Waals surface area (Å²) in [6.45, 7) is 0.730. The Hall–Kier alpha value is -1.26. The number of ether oxygens (including phenoxy) is 2. The van der Waals surface area contributed by atoms with Crippen LogP contribution in [0, 0.1) is 0 Å². The molecule has 0 aliphatic carbocycles. The number of carbonyl (C=O) groups is 1. The Labute approximate surface area is 114 Å². The number of nitrogens with zero attached hydrogens (tertiary/aromatic N) is 1. The highest BCUT2D eigenvalue weighted by Crippen LogP contribution is 2.25. The molecule has 0 fully saturated rings. The van der Waals surface area contributed by atoms with E-state index in [9.17, 15) is 4.79 Å². The molecular weight excluding hydrogens is 254 g/mol. The maximum Gasteiger partial charge on any atom is 0.167 e. The quantitative estimate of drug-likeness (QED) is 0.746. The number of rotatable bonds is 6. The molecule has 0 unspecified atom stereocenters. The SMILES string of the molecule is COc1ccc(C(=O)CCN(C)C)c(OC)c1.Cl. The van der Waals surface area contributed by atoms with Gasteiger partial charge in [-0.15, -0.1) is 12.4 Å². The van der Waals surface area contributed by atoms with Crippen LogP contribution in [-0.4, -0.2) is 45.5 Å². The van der Waals surface area contributed by atoms with E-state index in [1.165, 1.54) is 0 Å². The van der Waals surface area contributed by atoms with Crippen molar-refractivity contribution in [1.82, 2.24) is 4.90 Å². The maximum absolute atomic E-state index is 12.0. The minimum Gasteiger partial charge on any atom is -0.497 e. The number of benzene rings is 1. The van der Waals surface area contributed by atoms with E-state index in [0.717, 1.165) is 6.54 Å². The van der Waals surface area contributed by atoms with Crippen molar-refractivity contribution >= 4 is 18.2 Å². The maximum atomic E-state index is 12.0. The summed E-state index contributed by atoms with van der Waals surface area (Å²) < 4.78 is 10.3. The van der Waals surface area contributed by atoms with Gasteiger partial charge >= 0.3 is 0 Å². The monoisotopic (exact) mass is 273 g/mol. The average molecular weight is 274 g/mol. The van der Waals surface area contributed by atoms with Gasteiger partial charge in [-0.1, -0.05) is 0 Å². The number of ketones is 1. The molecule has 0 aliphatic rings. The van der Waals surface area contributed by atoms with Crippen LogP contribution in [0.15, 0.2) is 18.2 Å². The van der Waals surface area contributed by atoms with Gasteiger partial charge in [0.25, 0.3) is 0 Å². The third kappa shape index (κ3) is 4.55. The summed E-state index contributed by atoms with van der Waals surface area (Å²) in [5, 5.41) is 0. The minimum atomic E-state index is 0.